The predicted octanol–water partition coefficient (Wildman–Crippen LogP) is 2.19. The Balaban J connectivity index is 2.60. The Hall–Kier alpha value is -1.36. The van der Waals surface area contributed by atoms with Gasteiger partial charge in [-0.1, -0.05) is 12.1 Å². The maximum Gasteiger partial charge on any atom is 0.274 e. The molecule has 71 valence electrons. The van der Waals surface area contributed by atoms with Crippen LogP contribution in [0.15, 0.2) is 18.2 Å². The number of rotatable bonds is 1. The Morgan fingerprint density at radius 3 is 2.93 bits per heavy atom. The number of Topliss-reactive ketones (excluding diaryl/α,β-unsaturated/α-hetero) is 1. The molecular formula is C9H6NO3S. The molecule has 1 aromatic rings. The molecule has 5 heteroatoms. The first-order chi connectivity index (χ1) is 6.70. The average molecular weight is 208 g/mol. The number of thioether (sulfide) groups is 1. The van der Waals surface area contributed by atoms with Crippen molar-refractivity contribution < 1.29 is 9.72 Å². The minimum absolute atomic E-state index is 0.0384. The molecule has 0 aromatic heterocycles. The fraction of sp³-hybridized carbons (Fsp3) is 0.111. The number of fused-ring (bicyclic) bond motifs is 1. The summed E-state index contributed by atoms with van der Waals surface area (Å²) >= 11 is 1.30. The molecule has 0 bridgehead atoms. The largest absolute Gasteiger partial charge is 0.293 e. The number of hydrogen-bond donors (Lipinski definition) is 0. The highest BCUT2D eigenvalue weighted by Gasteiger charge is 2.25. The van der Waals surface area contributed by atoms with Gasteiger partial charge in [-0.15, -0.1) is 11.8 Å². The molecule has 1 aliphatic heterocycles. The number of hydrogen-bond acceptors (Lipinski definition) is 4. The molecule has 1 aliphatic rings. The molecular weight excluding hydrogens is 202 g/mol. The summed E-state index contributed by atoms with van der Waals surface area (Å²) in [6, 6.07) is 4.59. The van der Waals surface area contributed by atoms with Crippen LogP contribution in [0.25, 0.3) is 0 Å². The Morgan fingerprint density at radius 2 is 2.21 bits per heavy atom. The lowest BCUT2D eigenvalue weighted by atomic mass is 10.0. The van der Waals surface area contributed by atoms with Crippen LogP contribution in [0, 0.1) is 15.9 Å². The molecule has 4 nitrogen and oxygen atoms in total. The van der Waals surface area contributed by atoms with E-state index >= 15 is 0 Å². The van der Waals surface area contributed by atoms with Crippen LogP contribution in [-0.2, 0) is 5.75 Å². The average Bonchev–Trinajstić information content (AvgIpc) is 2.17. The lowest BCUT2D eigenvalue weighted by Crippen LogP contribution is -2.09. The van der Waals surface area contributed by atoms with Crippen molar-refractivity contribution in [1.82, 2.24) is 0 Å². The molecule has 0 saturated heterocycles. The number of benzene rings is 1. The van der Waals surface area contributed by atoms with Crippen LogP contribution in [0.5, 0.6) is 0 Å². The van der Waals surface area contributed by atoms with Gasteiger partial charge in [0.25, 0.3) is 5.69 Å². The van der Waals surface area contributed by atoms with E-state index in [0.29, 0.717) is 16.9 Å². The quantitative estimate of drug-likeness (QED) is 0.524. The van der Waals surface area contributed by atoms with Crippen molar-refractivity contribution in [2.24, 2.45) is 0 Å². The van der Waals surface area contributed by atoms with E-state index in [-0.39, 0.29) is 11.5 Å². The molecule has 0 fully saturated rings. The van der Waals surface area contributed by atoms with Crippen LogP contribution in [0.4, 0.5) is 5.69 Å². The van der Waals surface area contributed by atoms with Crippen LogP contribution in [0.3, 0.4) is 0 Å². The van der Waals surface area contributed by atoms with Gasteiger partial charge in [-0.25, -0.2) is 0 Å². The molecule has 0 aliphatic carbocycles. The second kappa shape index (κ2) is 3.42. The third kappa shape index (κ3) is 1.39. The number of ketones is 1. The maximum atomic E-state index is 11.4. The summed E-state index contributed by atoms with van der Waals surface area (Å²) in [6.07, 6.45) is 0. The molecule has 1 radical (unpaired) electrons. The molecule has 2 rings (SSSR count). The van der Waals surface area contributed by atoms with E-state index in [1.54, 1.807) is 12.1 Å². The van der Waals surface area contributed by atoms with E-state index in [2.05, 4.69) is 0 Å². The molecule has 0 N–H and O–H groups in total. The lowest BCUT2D eigenvalue weighted by Gasteiger charge is -2.12. The summed E-state index contributed by atoms with van der Waals surface area (Å²) in [6.45, 7) is 0. The van der Waals surface area contributed by atoms with Gasteiger partial charge < -0.3 is 0 Å². The monoisotopic (exact) mass is 208 g/mol. The van der Waals surface area contributed by atoms with Gasteiger partial charge in [0, 0.05) is 17.4 Å². The molecule has 1 aromatic carbocycles. The molecule has 0 unspecified atom stereocenters. The van der Waals surface area contributed by atoms with Crippen LogP contribution in [0.1, 0.15) is 15.9 Å². The zero-order valence-corrected chi connectivity index (χ0v) is 7.91. The summed E-state index contributed by atoms with van der Waals surface area (Å²) < 4.78 is 0. The smallest absolute Gasteiger partial charge is 0.274 e. The highest BCUT2D eigenvalue weighted by molar-refractivity contribution is 8.01. The van der Waals surface area contributed by atoms with E-state index < -0.39 is 4.92 Å². The van der Waals surface area contributed by atoms with E-state index in [4.69, 9.17) is 0 Å². The highest BCUT2D eigenvalue weighted by atomic mass is 32.2. The number of carbonyl (C=O) groups is 1. The molecule has 0 spiro atoms. The van der Waals surface area contributed by atoms with Gasteiger partial charge in [0.05, 0.1) is 16.2 Å². The van der Waals surface area contributed by atoms with E-state index in [0.717, 1.165) is 0 Å². The minimum atomic E-state index is -0.446. The molecule has 0 saturated carbocycles. The van der Waals surface area contributed by atoms with Gasteiger partial charge in [-0.3, -0.25) is 14.9 Å². The number of carbonyl (C=O) groups excluding carboxylic acids is 1. The van der Waals surface area contributed by atoms with Gasteiger partial charge in [-0.05, 0) is 0 Å². The molecule has 0 amide bonds. The zero-order valence-electron chi connectivity index (χ0n) is 7.10. The molecule has 14 heavy (non-hydrogen) atoms. The van der Waals surface area contributed by atoms with Crippen LogP contribution >= 0.6 is 11.8 Å². The van der Waals surface area contributed by atoms with E-state index in [1.165, 1.54) is 23.6 Å². The van der Waals surface area contributed by atoms with E-state index in [9.17, 15) is 14.9 Å². The van der Waals surface area contributed by atoms with Crippen molar-refractivity contribution in [2.45, 2.75) is 5.75 Å². The van der Waals surface area contributed by atoms with Gasteiger partial charge in [0.2, 0.25) is 0 Å². The number of nitro benzene ring substituents is 1. The topological polar surface area (TPSA) is 60.2 Å². The van der Waals surface area contributed by atoms with Gasteiger partial charge in [0.15, 0.2) is 5.78 Å². The van der Waals surface area contributed by atoms with Gasteiger partial charge >= 0.3 is 0 Å². The number of nitro groups is 1. The summed E-state index contributed by atoms with van der Waals surface area (Å²) in [7, 11) is 0. The Kier molecular flexibility index (Phi) is 2.25. The molecule has 1 heterocycles. The SMILES string of the molecule is O=C1[CH]SCc2c1cccc2[N+](=O)[O-]. The Labute approximate surface area is 84.5 Å². The standard InChI is InChI=1S/C9H6NO3S/c11-9-5-14-4-7-6(9)2-1-3-8(7)10(12)13/h1-3,5H,4H2. The summed E-state index contributed by atoms with van der Waals surface area (Å²) in [5.74, 6) is 1.85. The second-order valence-electron chi connectivity index (χ2n) is 2.85. The van der Waals surface area contributed by atoms with Crippen molar-refractivity contribution >= 4 is 23.2 Å². The highest BCUT2D eigenvalue weighted by Crippen LogP contribution is 2.33. The molecule has 0 atom stereocenters. The van der Waals surface area contributed by atoms with Crippen LogP contribution in [0.2, 0.25) is 0 Å². The van der Waals surface area contributed by atoms with Crippen molar-refractivity contribution in [1.29, 1.82) is 0 Å². The van der Waals surface area contributed by atoms with Crippen LogP contribution in [-0.4, -0.2) is 10.7 Å². The fourth-order valence-electron chi connectivity index (χ4n) is 1.39. The third-order valence-electron chi connectivity index (χ3n) is 2.03. The normalized spacial score (nSPS) is 15.0. The first-order valence-electron chi connectivity index (χ1n) is 3.95. The van der Waals surface area contributed by atoms with E-state index in [1.807, 2.05) is 0 Å². The Morgan fingerprint density at radius 1 is 1.43 bits per heavy atom. The van der Waals surface area contributed by atoms with Gasteiger partial charge in [0.1, 0.15) is 0 Å². The van der Waals surface area contributed by atoms with Crippen molar-refractivity contribution in [3.8, 4) is 0 Å². The van der Waals surface area contributed by atoms with Crippen molar-refractivity contribution in [3.63, 3.8) is 0 Å². The van der Waals surface area contributed by atoms with Crippen molar-refractivity contribution in [2.75, 3.05) is 0 Å². The maximum absolute atomic E-state index is 11.4. The summed E-state index contributed by atoms with van der Waals surface area (Å²) in [5, 5.41) is 10.7. The first-order valence-corrected chi connectivity index (χ1v) is 5.00. The Bertz CT molecular complexity index is 402. The fourth-order valence-corrected chi connectivity index (χ4v) is 2.22. The number of nitrogens with zero attached hydrogens (tertiary/aromatic N) is 1. The second-order valence-corrected chi connectivity index (χ2v) is 3.71. The summed E-state index contributed by atoms with van der Waals surface area (Å²) in [5.41, 5.74) is 1.03. The van der Waals surface area contributed by atoms with Gasteiger partial charge in [-0.2, -0.15) is 0 Å². The third-order valence-corrected chi connectivity index (χ3v) is 2.87. The predicted molar refractivity (Wildman–Crippen MR) is 53.0 cm³/mol. The first kappa shape index (κ1) is 9.21. The summed E-state index contributed by atoms with van der Waals surface area (Å²) in [4.78, 5) is 21.6. The van der Waals surface area contributed by atoms with Crippen LogP contribution < -0.4 is 0 Å². The minimum Gasteiger partial charge on any atom is -0.293 e. The van der Waals surface area contributed by atoms with Crippen molar-refractivity contribution in [3.05, 3.63) is 45.2 Å². The zero-order chi connectivity index (χ0) is 10.1. The lowest BCUT2D eigenvalue weighted by molar-refractivity contribution is -0.385.